The van der Waals surface area contributed by atoms with E-state index in [2.05, 4.69) is 0 Å². The van der Waals surface area contributed by atoms with Gasteiger partial charge < -0.3 is 10.2 Å². The van der Waals surface area contributed by atoms with Crippen molar-refractivity contribution in [2.24, 2.45) is 0 Å². The Bertz CT molecular complexity index is 867. The second kappa shape index (κ2) is 5.97. The number of benzene rings is 3. The molecule has 0 amide bonds. The second-order valence-electron chi connectivity index (χ2n) is 5.35. The summed E-state index contributed by atoms with van der Waals surface area (Å²) in [5, 5.41) is 19.3. The van der Waals surface area contributed by atoms with Crippen LogP contribution in [0.15, 0.2) is 66.7 Å². The number of carboxylic acid groups (broad SMARTS) is 1. The summed E-state index contributed by atoms with van der Waals surface area (Å²) >= 11 is 0. The second-order valence-corrected chi connectivity index (χ2v) is 5.35. The van der Waals surface area contributed by atoms with Crippen LogP contribution in [0.4, 0.5) is 0 Å². The summed E-state index contributed by atoms with van der Waals surface area (Å²) in [6.45, 7) is 1.74. The van der Waals surface area contributed by atoms with Crippen molar-refractivity contribution in [3.8, 4) is 28.0 Å². The highest BCUT2D eigenvalue weighted by atomic mass is 16.4. The topological polar surface area (TPSA) is 57.5 Å². The Kier molecular flexibility index (Phi) is 3.85. The molecule has 0 unspecified atom stereocenters. The molecule has 3 nitrogen and oxygen atoms in total. The first-order valence-electron chi connectivity index (χ1n) is 7.30. The summed E-state index contributed by atoms with van der Waals surface area (Å²) in [6, 6.07) is 21.1. The third-order valence-corrected chi connectivity index (χ3v) is 3.96. The zero-order chi connectivity index (χ0) is 16.4. The van der Waals surface area contributed by atoms with Crippen LogP contribution >= 0.6 is 0 Å². The fourth-order valence-corrected chi connectivity index (χ4v) is 2.75. The molecule has 3 aromatic carbocycles. The zero-order valence-corrected chi connectivity index (χ0v) is 12.7. The Morgan fingerprint density at radius 3 is 2.04 bits per heavy atom. The van der Waals surface area contributed by atoms with Gasteiger partial charge in [-0.1, -0.05) is 60.7 Å². The van der Waals surface area contributed by atoms with Gasteiger partial charge in [-0.2, -0.15) is 0 Å². The van der Waals surface area contributed by atoms with Gasteiger partial charge in [0.2, 0.25) is 0 Å². The molecular weight excluding hydrogens is 288 g/mol. The van der Waals surface area contributed by atoms with Crippen molar-refractivity contribution in [2.45, 2.75) is 6.92 Å². The molecule has 0 saturated carbocycles. The molecule has 0 saturated heterocycles. The lowest BCUT2D eigenvalue weighted by Gasteiger charge is -2.14. The monoisotopic (exact) mass is 304 g/mol. The maximum atomic E-state index is 11.2. The number of carboxylic acids is 1. The first-order valence-corrected chi connectivity index (χ1v) is 7.30. The minimum absolute atomic E-state index is 0.0801. The summed E-state index contributed by atoms with van der Waals surface area (Å²) in [6.07, 6.45) is 0. The first-order chi connectivity index (χ1) is 11.1. The van der Waals surface area contributed by atoms with E-state index in [1.807, 2.05) is 54.6 Å². The molecule has 0 aliphatic heterocycles. The van der Waals surface area contributed by atoms with E-state index >= 15 is 0 Å². The molecule has 0 fully saturated rings. The number of hydrogen-bond donors (Lipinski definition) is 2. The van der Waals surface area contributed by atoms with Crippen molar-refractivity contribution in [1.82, 2.24) is 0 Å². The summed E-state index contributed by atoms with van der Waals surface area (Å²) < 4.78 is 0. The van der Waals surface area contributed by atoms with E-state index in [9.17, 15) is 9.90 Å². The standard InChI is InChI=1S/C20H16O3/c1-13-15(11-12-18(19(13)21)20(22)23)17-10-6-5-9-16(17)14-7-3-2-4-8-14/h2-12,21H,1H3,(H,22,23). The van der Waals surface area contributed by atoms with Crippen molar-refractivity contribution in [1.29, 1.82) is 0 Å². The van der Waals surface area contributed by atoms with Crippen LogP contribution in [0.25, 0.3) is 22.3 Å². The number of aromatic hydroxyl groups is 1. The predicted molar refractivity (Wildman–Crippen MR) is 90.7 cm³/mol. The van der Waals surface area contributed by atoms with E-state index in [0.29, 0.717) is 5.56 Å². The quantitative estimate of drug-likeness (QED) is 0.735. The van der Waals surface area contributed by atoms with Crippen molar-refractivity contribution >= 4 is 5.97 Å². The summed E-state index contributed by atoms with van der Waals surface area (Å²) in [5.41, 5.74) is 4.38. The average Bonchev–Trinajstić information content (AvgIpc) is 2.58. The lowest BCUT2D eigenvalue weighted by molar-refractivity contribution is 0.0693. The maximum Gasteiger partial charge on any atom is 0.339 e. The zero-order valence-electron chi connectivity index (χ0n) is 12.7. The van der Waals surface area contributed by atoms with Crippen molar-refractivity contribution in [2.75, 3.05) is 0 Å². The Balaban J connectivity index is 2.21. The molecule has 0 spiro atoms. The van der Waals surface area contributed by atoms with Crippen LogP contribution in [0, 0.1) is 6.92 Å². The minimum atomic E-state index is -1.13. The Morgan fingerprint density at radius 1 is 0.783 bits per heavy atom. The van der Waals surface area contributed by atoms with E-state index in [1.165, 1.54) is 6.07 Å². The van der Waals surface area contributed by atoms with Gasteiger partial charge >= 0.3 is 5.97 Å². The van der Waals surface area contributed by atoms with Crippen molar-refractivity contribution in [3.63, 3.8) is 0 Å². The fourth-order valence-electron chi connectivity index (χ4n) is 2.75. The Labute approximate surface area is 134 Å². The van der Waals surface area contributed by atoms with Crippen LogP contribution in [-0.4, -0.2) is 16.2 Å². The van der Waals surface area contributed by atoms with Gasteiger partial charge in [-0.3, -0.25) is 0 Å². The summed E-state index contributed by atoms with van der Waals surface area (Å²) in [5.74, 6) is -1.31. The van der Waals surface area contributed by atoms with Crippen LogP contribution in [-0.2, 0) is 0 Å². The molecule has 2 N–H and O–H groups in total. The van der Waals surface area contributed by atoms with Gasteiger partial charge in [-0.25, -0.2) is 4.79 Å². The molecule has 0 aliphatic rings. The van der Waals surface area contributed by atoms with E-state index in [0.717, 1.165) is 22.3 Å². The molecule has 114 valence electrons. The van der Waals surface area contributed by atoms with Crippen LogP contribution < -0.4 is 0 Å². The van der Waals surface area contributed by atoms with Gasteiger partial charge in [0, 0.05) is 0 Å². The molecule has 3 heteroatoms. The summed E-state index contributed by atoms with van der Waals surface area (Å²) in [7, 11) is 0. The number of phenols is 1. The van der Waals surface area contributed by atoms with Crippen molar-refractivity contribution < 1.29 is 15.0 Å². The first kappa shape index (κ1) is 14.9. The molecule has 0 radical (unpaired) electrons. The molecule has 23 heavy (non-hydrogen) atoms. The lowest BCUT2D eigenvalue weighted by Crippen LogP contribution is -1.99. The normalized spacial score (nSPS) is 10.5. The third-order valence-electron chi connectivity index (χ3n) is 3.96. The van der Waals surface area contributed by atoms with E-state index in [1.54, 1.807) is 13.0 Å². The molecule has 3 aromatic rings. The van der Waals surface area contributed by atoms with Gasteiger partial charge in [0.1, 0.15) is 11.3 Å². The smallest absolute Gasteiger partial charge is 0.339 e. The SMILES string of the molecule is Cc1c(-c2ccccc2-c2ccccc2)ccc(C(=O)O)c1O. The number of hydrogen-bond acceptors (Lipinski definition) is 2. The molecule has 0 heterocycles. The lowest BCUT2D eigenvalue weighted by atomic mass is 9.91. The van der Waals surface area contributed by atoms with Crippen molar-refractivity contribution in [3.05, 3.63) is 77.9 Å². The van der Waals surface area contributed by atoms with Gasteiger partial charge in [0.05, 0.1) is 0 Å². The highest BCUT2D eigenvalue weighted by Crippen LogP contribution is 2.37. The average molecular weight is 304 g/mol. The van der Waals surface area contributed by atoms with Gasteiger partial charge in [0.25, 0.3) is 0 Å². The van der Waals surface area contributed by atoms with Crippen LogP contribution in [0.1, 0.15) is 15.9 Å². The largest absolute Gasteiger partial charge is 0.507 e. The minimum Gasteiger partial charge on any atom is -0.507 e. The fraction of sp³-hybridized carbons (Fsp3) is 0.0500. The van der Waals surface area contributed by atoms with E-state index in [-0.39, 0.29) is 11.3 Å². The Hall–Kier alpha value is -3.07. The van der Waals surface area contributed by atoms with Crippen LogP contribution in [0.3, 0.4) is 0 Å². The number of carbonyl (C=O) groups is 1. The molecule has 0 aliphatic carbocycles. The van der Waals surface area contributed by atoms with Gasteiger partial charge in [-0.15, -0.1) is 0 Å². The highest BCUT2D eigenvalue weighted by molar-refractivity contribution is 5.94. The molecular formula is C20H16O3. The molecule has 3 rings (SSSR count). The van der Waals surface area contributed by atoms with Gasteiger partial charge in [0.15, 0.2) is 0 Å². The van der Waals surface area contributed by atoms with Crippen LogP contribution in [0.2, 0.25) is 0 Å². The molecule has 0 bridgehead atoms. The molecule has 0 atom stereocenters. The molecule has 0 aromatic heterocycles. The predicted octanol–water partition coefficient (Wildman–Crippen LogP) is 4.73. The third kappa shape index (κ3) is 2.69. The highest BCUT2D eigenvalue weighted by Gasteiger charge is 2.16. The maximum absolute atomic E-state index is 11.2. The van der Waals surface area contributed by atoms with E-state index in [4.69, 9.17) is 5.11 Å². The number of rotatable bonds is 3. The van der Waals surface area contributed by atoms with E-state index < -0.39 is 5.97 Å². The van der Waals surface area contributed by atoms with Crippen LogP contribution in [0.5, 0.6) is 5.75 Å². The Morgan fingerprint density at radius 2 is 1.39 bits per heavy atom. The summed E-state index contributed by atoms with van der Waals surface area (Å²) in [4.78, 5) is 11.2. The van der Waals surface area contributed by atoms with Gasteiger partial charge in [-0.05, 0) is 40.8 Å². The number of aromatic carboxylic acids is 1.